The summed E-state index contributed by atoms with van der Waals surface area (Å²) in [6, 6.07) is 89.4. The molecule has 0 bridgehead atoms. The second-order valence-corrected chi connectivity index (χ2v) is 19.1. The molecule has 0 heterocycles. The summed E-state index contributed by atoms with van der Waals surface area (Å²) in [4.78, 5) is 2.55. The van der Waals surface area contributed by atoms with Crippen LogP contribution in [0.2, 0.25) is 0 Å². The van der Waals surface area contributed by atoms with Gasteiger partial charge in [-0.3, -0.25) is 0 Å². The fraction of sp³-hybridized carbons (Fsp3) is 0.0769. The molecule has 1 nitrogen and oxygen atoms in total. The van der Waals surface area contributed by atoms with E-state index in [1.807, 2.05) is 0 Å². The van der Waals surface area contributed by atoms with Crippen molar-refractivity contribution in [1.82, 2.24) is 0 Å². The fourth-order valence-corrected chi connectivity index (χ4v) is 13.2. The number of hydrogen-bond donors (Lipinski definition) is 0. The minimum absolute atomic E-state index is 0.300. The van der Waals surface area contributed by atoms with Crippen LogP contribution in [-0.2, 0) is 16.2 Å². The first kappa shape index (κ1) is 37.4. The SMILES string of the molecule is CC1(C)c2ccccc2C2(c3ccccc3-c3ccccc32)c2ccc(N(c3ccc4c(c3)C3(c5ccccc5-c5ccccc53)c3ccccc3-4)c3ccccc3-c3ccccc3)cc21. The van der Waals surface area contributed by atoms with Gasteiger partial charge in [0.1, 0.15) is 0 Å². The third-order valence-corrected chi connectivity index (χ3v) is 15.8. The van der Waals surface area contributed by atoms with Crippen LogP contribution >= 0.6 is 0 Å². The van der Waals surface area contributed by atoms with E-state index in [2.05, 4.69) is 255 Å². The maximum absolute atomic E-state index is 2.55. The van der Waals surface area contributed by atoms with E-state index in [0.29, 0.717) is 0 Å². The highest BCUT2D eigenvalue weighted by molar-refractivity contribution is 5.98. The summed E-state index contributed by atoms with van der Waals surface area (Å²) in [5.74, 6) is 0. The van der Waals surface area contributed by atoms with Crippen LogP contribution in [0, 0.1) is 0 Å². The first-order valence-electron chi connectivity index (χ1n) is 23.3. The maximum Gasteiger partial charge on any atom is 0.0726 e. The number of anilines is 3. The molecule has 310 valence electrons. The second-order valence-electron chi connectivity index (χ2n) is 19.1. The molecule has 0 saturated carbocycles. The summed E-state index contributed by atoms with van der Waals surface area (Å²) in [6.07, 6.45) is 0. The zero-order valence-electron chi connectivity index (χ0n) is 37.0. The molecule has 0 radical (unpaired) electrons. The molecule has 0 aromatic heterocycles. The van der Waals surface area contributed by atoms with Gasteiger partial charge in [0.25, 0.3) is 0 Å². The minimum atomic E-state index is -0.463. The standard InChI is InChI=1S/C65H45N/c1-63(2)57-33-17-18-34-58(57)65(55-31-15-8-25-48(55)49-26-9-16-32-56(49)65)59-39-37-44(41-61(59)63)66(62-35-19-11-22-45(62)42-20-4-3-5-21-42)43-36-38-51-50-27-10-14-30-54(50)64(60(51)40-43)52-28-12-6-23-46(52)47-24-7-13-29-53(47)64/h3-41H,1-2H3. The Morgan fingerprint density at radius 3 is 1.12 bits per heavy atom. The van der Waals surface area contributed by atoms with Crippen molar-refractivity contribution >= 4 is 17.1 Å². The van der Waals surface area contributed by atoms with Crippen molar-refractivity contribution in [1.29, 1.82) is 0 Å². The maximum atomic E-state index is 2.55. The lowest BCUT2D eigenvalue weighted by molar-refractivity contribution is 0.563. The van der Waals surface area contributed by atoms with Gasteiger partial charge in [0, 0.05) is 22.4 Å². The van der Waals surface area contributed by atoms with Crippen molar-refractivity contribution in [2.45, 2.75) is 30.1 Å². The molecule has 0 atom stereocenters. The second kappa shape index (κ2) is 13.5. The summed E-state index contributed by atoms with van der Waals surface area (Å²) in [6.45, 7) is 4.86. The molecule has 1 heteroatoms. The molecule has 10 aromatic carbocycles. The first-order valence-corrected chi connectivity index (χ1v) is 23.3. The topological polar surface area (TPSA) is 3.24 Å². The molecule has 4 aliphatic carbocycles. The van der Waals surface area contributed by atoms with Gasteiger partial charge in [-0.05, 0) is 125 Å². The Kier molecular flexibility index (Phi) is 7.66. The number of benzene rings is 10. The van der Waals surface area contributed by atoms with Gasteiger partial charge in [0.05, 0.1) is 16.5 Å². The van der Waals surface area contributed by atoms with Crippen molar-refractivity contribution in [2.24, 2.45) is 0 Å². The van der Waals surface area contributed by atoms with Crippen LogP contribution in [0.5, 0.6) is 0 Å². The lowest BCUT2D eigenvalue weighted by Gasteiger charge is -2.47. The van der Waals surface area contributed by atoms with Crippen molar-refractivity contribution in [3.05, 3.63) is 292 Å². The van der Waals surface area contributed by atoms with Gasteiger partial charge in [-0.1, -0.05) is 220 Å². The van der Waals surface area contributed by atoms with E-state index < -0.39 is 10.8 Å². The average molecular weight is 840 g/mol. The third-order valence-electron chi connectivity index (χ3n) is 15.8. The Morgan fingerprint density at radius 1 is 0.258 bits per heavy atom. The van der Waals surface area contributed by atoms with E-state index in [9.17, 15) is 0 Å². The molecule has 66 heavy (non-hydrogen) atoms. The van der Waals surface area contributed by atoms with Crippen LogP contribution in [0.1, 0.15) is 69.5 Å². The number of fused-ring (bicyclic) bond motifs is 19. The van der Waals surface area contributed by atoms with Gasteiger partial charge in [0.2, 0.25) is 0 Å². The fourth-order valence-electron chi connectivity index (χ4n) is 13.2. The Balaban J connectivity index is 1.06. The largest absolute Gasteiger partial charge is 0.310 e. The molecule has 0 unspecified atom stereocenters. The van der Waals surface area contributed by atoms with Crippen LogP contribution < -0.4 is 4.90 Å². The minimum Gasteiger partial charge on any atom is -0.310 e. The number of rotatable bonds is 4. The Hall–Kier alpha value is -8.00. The van der Waals surface area contributed by atoms with E-state index in [-0.39, 0.29) is 5.41 Å². The van der Waals surface area contributed by atoms with Crippen LogP contribution in [0.25, 0.3) is 44.5 Å². The molecule has 0 N–H and O–H groups in total. The summed E-state index contributed by atoms with van der Waals surface area (Å²) in [5.41, 5.74) is 25.9. The summed E-state index contributed by atoms with van der Waals surface area (Å²) >= 11 is 0. The van der Waals surface area contributed by atoms with Gasteiger partial charge in [0.15, 0.2) is 0 Å². The lowest BCUT2D eigenvalue weighted by Crippen LogP contribution is -2.40. The molecule has 2 spiro atoms. The van der Waals surface area contributed by atoms with Gasteiger partial charge in [-0.25, -0.2) is 0 Å². The quantitative estimate of drug-likeness (QED) is 0.171. The zero-order valence-corrected chi connectivity index (χ0v) is 37.0. The van der Waals surface area contributed by atoms with E-state index in [0.717, 1.165) is 17.1 Å². The molecule has 10 aromatic rings. The zero-order chi connectivity index (χ0) is 43.8. The molecule has 0 aliphatic heterocycles. The molecule has 4 aliphatic rings. The van der Waals surface area contributed by atoms with E-state index in [1.165, 1.54) is 100 Å². The van der Waals surface area contributed by atoms with E-state index in [1.54, 1.807) is 0 Å². The van der Waals surface area contributed by atoms with Crippen molar-refractivity contribution in [3.8, 4) is 44.5 Å². The number of nitrogens with zero attached hydrogens (tertiary/aromatic N) is 1. The molecular weight excluding hydrogens is 795 g/mol. The number of para-hydroxylation sites is 1. The highest BCUT2D eigenvalue weighted by Crippen LogP contribution is 2.65. The molecule has 0 saturated heterocycles. The number of hydrogen-bond acceptors (Lipinski definition) is 1. The van der Waals surface area contributed by atoms with Crippen molar-refractivity contribution in [2.75, 3.05) is 4.90 Å². The Labute approximate surface area is 387 Å². The highest BCUT2D eigenvalue weighted by Gasteiger charge is 2.54. The Morgan fingerprint density at radius 2 is 0.606 bits per heavy atom. The van der Waals surface area contributed by atoms with Crippen LogP contribution in [0.4, 0.5) is 17.1 Å². The lowest BCUT2D eigenvalue weighted by atomic mass is 9.55. The smallest absolute Gasteiger partial charge is 0.0726 e. The van der Waals surface area contributed by atoms with Crippen molar-refractivity contribution in [3.63, 3.8) is 0 Å². The molecule has 14 rings (SSSR count). The summed E-state index contributed by atoms with van der Waals surface area (Å²) in [7, 11) is 0. The van der Waals surface area contributed by atoms with Crippen LogP contribution in [0.3, 0.4) is 0 Å². The van der Waals surface area contributed by atoms with Gasteiger partial charge >= 0.3 is 0 Å². The molecule has 0 fully saturated rings. The highest BCUT2D eigenvalue weighted by atomic mass is 15.1. The predicted octanol–water partition coefficient (Wildman–Crippen LogP) is 16.2. The Bertz CT molecular complexity index is 3540. The normalized spacial score (nSPS) is 15.2. The van der Waals surface area contributed by atoms with Crippen LogP contribution in [0.15, 0.2) is 237 Å². The molecule has 0 amide bonds. The van der Waals surface area contributed by atoms with Gasteiger partial charge in [-0.15, -0.1) is 0 Å². The van der Waals surface area contributed by atoms with E-state index >= 15 is 0 Å². The average Bonchev–Trinajstić information content (AvgIpc) is 3.97. The van der Waals surface area contributed by atoms with Crippen molar-refractivity contribution < 1.29 is 0 Å². The summed E-state index contributed by atoms with van der Waals surface area (Å²) < 4.78 is 0. The molecular formula is C65H45N. The van der Waals surface area contributed by atoms with Crippen LogP contribution in [-0.4, -0.2) is 0 Å². The monoisotopic (exact) mass is 839 g/mol. The summed E-state index contributed by atoms with van der Waals surface area (Å²) in [5, 5.41) is 0. The first-order chi connectivity index (χ1) is 32.5. The van der Waals surface area contributed by atoms with Gasteiger partial charge in [-0.2, -0.15) is 0 Å². The van der Waals surface area contributed by atoms with E-state index in [4.69, 9.17) is 0 Å². The predicted molar refractivity (Wildman–Crippen MR) is 272 cm³/mol. The third kappa shape index (κ3) is 4.64. The van der Waals surface area contributed by atoms with Gasteiger partial charge < -0.3 is 4.90 Å².